The number of piperidine rings is 1. The summed E-state index contributed by atoms with van der Waals surface area (Å²) in [5, 5.41) is 4.40. The SMILES string of the molecule is COCC(N)C(=O)N1CCCC(Cn2nc(C)nc2C)C1. The number of carbonyl (C=O) groups excluding carboxylic acids is 1. The first-order valence-electron chi connectivity index (χ1n) is 7.42. The van der Waals surface area contributed by atoms with Gasteiger partial charge in [0.15, 0.2) is 0 Å². The third-order valence-corrected chi connectivity index (χ3v) is 3.89. The standard InChI is InChI=1S/C14H25N5O2/c1-10-16-11(2)19(17-10)8-12-5-4-6-18(7-12)14(20)13(15)9-21-3/h12-13H,4-9,15H2,1-3H3. The molecule has 2 rings (SSSR count). The van der Waals surface area contributed by atoms with Gasteiger partial charge in [-0.2, -0.15) is 5.10 Å². The fourth-order valence-electron chi connectivity index (χ4n) is 2.88. The Kier molecular flexibility index (Phi) is 5.30. The maximum absolute atomic E-state index is 12.2. The number of ether oxygens (including phenoxy) is 1. The van der Waals surface area contributed by atoms with E-state index in [1.54, 1.807) is 7.11 Å². The maximum atomic E-state index is 12.2. The zero-order valence-electron chi connectivity index (χ0n) is 13.1. The molecule has 1 saturated heterocycles. The van der Waals surface area contributed by atoms with Gasteiger partial charge in [-0.3, -0.25) is 4.79 Å². The average Bonchev–Trinajstić information content (AvgIpc) is 2.76. The van der Waals surface area contributed by atoms with Gasteiger partial charge >= 0.3 is 0 Å². The molecule has 0 spiro atoms. The van der Waals surface area contributed by atoms with Gasteiger partial charge in [0.25, 0.3) is 0 Å². The quantitative estimate of drug-likeness (QED) is 0.833. The molecular weight excluding hydrogens is 270 g/mol. The molecule has 0 bridgehead atoms. The minimum Gasteiger partial charge on any atom is -0.383 e. The first-order chi connectivity index (χ1) is 10.0. The van der Waals surface area contributed by atoms with E-state index in [-0.39, 0.29) is 12.5 Å². The number of nitrogens with zero attached hydrogens (tertiary/aromatic N) is 4. The molecule has 2 heterocycles. The lowest BCUT2D eigenvalue weighted by atomic mass is 9.97. The highest BCUT2D eigenvalue weighted by molar-refractivity contribution is 5.81. The second-order valence-electron chi connectivity index (χ2n) is 5.74. The largest absolute Gasteiger partial charge is 0.383 e. The summed E-state index contributed by atoms with van der Waals surface area (Å²) >= 11 is 0. The summed E-state index contributed by atoms with van der Waals surface area (Å²) in [5.74, 6) is 2.09. The molecule has 1 aliphatic heterocycles. The predicted octanol–water partition coefficient (Wildman–Crippen LogP) is 0.107. The van der Waals surface area contributed by atoms with Crippen molar-refractivity contribution < 1.29 is 9.53 Å². The van der Waals surface area contributed by atoms with Crippen LogP contribution in [0.15, 0.2) is 0 Å². The lowest BCUT2D eigenvalue weighted by Crippen LogP contribution is -2.50. The highest BCUT2D eigenvalue weighted by Crippen LogP contribution is 2.19. The molecule has 0 aromatic carbocycles. The third-order valence-electron chi connectivity index (χ3n) is 3.89. The van der Waals surface area contributed by atoms with Crippen molar-refractivity contribution in [2.45, 2.75) is 39.3 Å². The van der Waals surface area contributed by atoms with Crippen LogP contribution in [-0.4, -0.2) is 58.4 Å². The van der Waals surface area contributed by atoms with Gasteiger partial charge in [0.05, 0.1) is 6.61 Å². The average molecular weight is 295 g/mol. The lowest BCUT2D eigenvalue weighted by molar-refractivity contribution is -0.135. The number of nitrogens with two attached hydrogens (primary N) is 1. The van der Waals surface area contributed by atoms with Crippen molar-refractivity contribution in [1.82, 2.24) is 19.7 Å². The first-order valence-corrected chi connectivity index (χ1v) is 7.42. The van der Waals surface area contributed by atoms with Gasteiger partial charge in [-0.15, -0.1) is 0 Å². The Morgan fingerprint density at radius 1 is 1.52 bits per heavy atom. The van der Waals surface area contributed by atoms with E-state index < -0.39 is 6.04 Å². The summed E-state index contributed by atoms with van der Waals surface area (Å²) in [5.41, 5.74) is 5.84. The molecule has 0 aliphatic carbocycles. The molecule has 21 heavy (non-hydrogen) atoms. The number of hydrogen-bond acceptors (Lipinski definition) is 5. The van der Waals surface area contributed by atoms with Gasteiger partial charge in [-0.25, -0.2) is 9.67 Å². The van der Waals surface area contributed by atoms with Crippen molar-refractivity contribution >= 4 is 5.91 Å². The molecule has 1 aliphatic rings. The van der Waals surface area contributed by atoms with Crippen molar-refractivity contribution in [3.63, 3.8) is 0 Å². The van der Waals surface area contributed by atoms with Crippen LogP contribution in [0.25, 0.3) is 0 Å². The van der Waals surface area contributed by atoms with E-state index in [0.717, 1.165) is 44.1 Å². The fourth-order valence-corrected chi connectivity index (χ4v) is 2.88. The highest BCUT2D eigenvalue weighted by Gasteiger charge is 2.27. The van der Waals surface area contributed by atoms with E-state index >= 15 is 0 Å². The Morgan fingerprint density at radius 2 is 2.29 bits per heavy atom. The van der Waals surface area contributed by atoms with Crippen LogP contribution in [0, 0.1) is 19.8 Å². The van der Waals surface area contributed by atoms with E-state index in [9.17, 15) is 4.79 Å². The summed E-state index contributed by atoms with van der Waals surface area (Å²) in [6.07, 6.45) is 2.10. The highest BCUT2D eigenvalue weighted by atomic mass is 16.5. The van der Waals surface area contributed by atoms with Crippen LogP contribution in [0.3, 0.4) is 0 Å². The van der Waals surface area contributed by atoms with Crippen LogP contribution in [-0.2, 0) is 16.1 Å². The Labute approximate surface area is 125 Å². The van der Waals surface area contributed by atoms with Crippen molar-refractivity contribution in [3.8, 4) is 0 Å². The van der Waals surface area contributed by atoms with Crippen LogP contribution in [0.2, 0.25) is 0 Å². The van der Waals surface area contributed by atoms with Gasteiger partial charge in [0.2, 0.25) is 5.91 Å². The van der Waals surface area contributed by atoms with Crippen LogP contribution in [0.4, 0.5) is 0 Å². The Hall–Kier alpha value is -1.47. The number of amides is 1. The molecule has 1 aromatic rings. The van der Waals surface area contributed by atoms with E-state index in [0.29, 0.717) is 5.92 Å². The Bertz CT molecular complexity index is 488. The second kappa shape index (κ2) is 7.00. The number of carbonyl (C=O) groups is 1. The smallest absolute Gasteiger partial charge is 0.241 e. The van der Waals surface area contributed by atoms with E-state index in [1.807, 2.05) is 23.4 Å². The molecule has 2 atom stereocenters. The summed E-state index contributed by atoms with van der Waals surface area (Å²) in [7, 11) is 1.56. The number of rotatable bonds is 5. The monoisotopic (exact) mass is 295 g/mol. The summed E-state index contributed by atoms with van der Waals surface area (Å²) in [4.78, 5) is 18.4. The number of likely N-dealkylation sites (tertiary alicyclic amines) is 1. The molecule has 1 aromatic heterocycles. The second-order valence-corrected chi connectivity index (χ2v) is 5.74. The summed E-state index contributed by atoms with van der Waals surface area (Å²) in [6.45, 7) is 6.43. The van der Waals surface area contributed by atoms with Gasteiger partial charge in [0, 0.05) is 26.7 Å². The van der Waals surface area contributed by atoms with Gasteiger partial charge in [0.1, 0.15) is 17.7 Å². The van der Waals surface area contributed by atoms with Crippen molar-refractivity contribution in [2.75, 3.05) is 26.8 Å². The number of hydrogen-bond donors (Lipinski definition) is 1. The van der Waals surface area contributed by atoms with E-state index in [1.165, 1.54) is 0 Å². The maximum Gasteiger partial charge on any atom is 0.241 e. The normalized spacial score (nSPS) is 20.6. The molecule has 7 heteroatoms. The molecule has 1 amide bonds. The van der Waals surface area contributed by atoms with Crippen molar-refractivity contribution in [3.05, 3.63) is 11.6 Å². The first kappa shape index (κ1) is 15.9. The molecule has 2 N–H and O–H groups in total. The van der Waals surface area contributed by atoms with E-state index in [2.05, 4.69) is 10.1 Å². The summed E-state index contributed by atoms with van der Waals surface area (Å²) in [6, 6.07) is -0.566. The van der Waals surface area contributed by atoms with Crippen LogP contribution >= 0.6 is 0 Å². The zero-order chi connectivity index (χ0) is 15.4. The minimum atomic E-state index is -0.566. The Morgan fingerprint density at radius 3 is 2.90 bits per heavy atom. The zero-order valence-corrected chi connectivity index (χ0v) is 13.1. The number of methoxy groups -OCH3 is 1. The van der Waals surface area contributed by atoms with E-state index in [4.69, 9.17) is 10.5 Å². The predicted molar refractivity (Wildman–Crippen MR) is 78.7 cm³/mol. The number of aryl methyl sites for hydroxylation is 2. The molecule has 0 radical (unpaired) electrons. The molecule has 7 nitrogen and oxygen atoms in total. The van der Waals surface area contributed by atoms with Crippen LogP contribution < -0.4 is 5.73 Å². The summed E-state index contributed by atoms with van der Waals surface area (Å²) < 4.78 is 6.90. The van der Waals surface area contributed by atoms with Crippen LogP contribution in [0.5, 0.6) is 0 Å². The van der Waals surface area contributed by atoms with Gasteiger partial charge < -0.3 is 15.4 Å². The minimum absolute atomic E-state index is 0.0203. The number of aromatic nitrogens is 3. The molecular formula is C14H25N5O2. The van der Waals surface area contributed by atoms with Crippen LogP contribution in [0.1, 0.15) is 24.5 Å². The third kappa shape index (κ3) is 4.01. The van der Waals surface area contributed by atoms with Gasteiger partial charge in [-0.05, 0) is 32.6 Å². The van der Waals surface area contributed by atoms with Crippen molar-refractivity contribution in [1.29, 1.82) is 0 Å². The molecule has 118 valence electrons. The lowest BCUT2D eigenvalue weighted by Gasteiger charge is -2.34. The topological polar surface area (TPSA) is 86.3 Å². The fraction of sp³-hybridized carbons (Fsp3) is 0.786. The molecule has 2 unspecified atom stereocenters. The van der Waals surface area contributed by atoms with Crippen molar-refractivity contribution in [2.24, 2.45) is 11.7 Å². The Balaban J connectivity index is 1.94. The van der Waals surface area contributed by atoms with Gasteiger partial charge in [-0.1, -0.05) is 0 Å². The molecule has 0 saturated carbocycles. The molecule has 1 fully saturated rings.